The number of nitrogens with zero attached hydrogens (tertiary/aromatic N) is 2. The molecule has 0 radical (unpaired) electrons. The Morgan fingerprint density at radius 1 is 1.28 bits per heavy atom. The summed E-state index contributed by atoms with van der Waals surface area (Å²) in [6, 6.07) is 1.22. The molecule has 0 bridgehead atoms. The highest BCUT2D eigenvalue weighted by Gasteiger charge is 2.29. The number of benzene rings is 1. The zero-order valence-electron chi connectivity index (χ0n) is 16.7. The van der Waals surface area contributed by atoms with E-state index in [9.17, 15) is 19.8 Å². The van der Waals surface area contributed by atoms with Crippen LogP contribution in [0.25, 0.3) is 10.9 Å². The number of carbonyl (C=O) groups is 1. The lowest BCUT2D eigenvalue weighted by Crippen LogP contribution is -2.37. The van der Waals surface area contributed by atoms with Gasteiger partial charge in [-0.3, -0.25) is 4.79 Å². The van der Waals surface area contributed by atoms with Gasteiger partial charge in [-0.15, -0.1) is 0 Å². The first-order valence-corrected chi connectivity index (χ1v) is 9.97. The minimum atomic E-state index is -1.30. The maximum absolute atomic E-state index is 15.0. The number of halogens is 1. The summed E-state index contributed by atoms with van der Waals surface area (Å²) in [5, 5.41) is 26.8. The Bertz CT molecular complexity index is 979. The van der Waals surface area contributed by atoms with Crippen LogP contribution in [0.5, 0.6) is 0 Å². The van der Waals surface area contributed by atoms with Crippen LogP contribution in [0.1, 0.15) is 55.1 Å². The van der Waals surface area contributed by atoms with Gasteiger partial charge in [0.15, 0.2) is 0 Å². The molecule has 1 fully saturated rings. The Hall–Kier alpha value is -2.45. The first kappa shape index (κ1) is 21.3. The second-order valence-electron chi connectivity index (χ2n) is 7.59. The lowest BCUT2D eigenvalue weighted by Gasteiger charge is -2.36. The molecule has 2 aromatic rings. The molecule has 1 unspecified atom stereocenters. The molecule has 29 heavy (non-hydrogen) atoms. The van der Waals surface area contributed by atoms with Crippen molar-refractivity contribution >= 4 is 22.6 Å². The summed E-state index contributed by atoms with van der Waals surface area (Å²) in [6.45, 7) is 5.02. The summed E-state index contributed by atoms with van der Waals surface area (Å²) in [5.41, 5.74) is 0.932. The molecule has 1 saturated heterocycles. The van der Waals surface area contributed by atoms with Gasteiger partial charge in [0, 0.05) is 42.9 Å². The SMILES string of the molecule is CC1CCc2c(N3CCC(O)CC3)c(F)cc3c(=O)c(C(=O)O)cn1c23.CCO. The van der Waals surface area contributed by atoms with Crippen LogP contribution in [0.15, 0.2) is 17.1 Å². The van der Waals surface area contributed by atoms with E-state index in [0.29, 0.717) is 43.6 Å². The van der Waals surface area contributed by atoms with Crippen molar-refractivity contribution in [3.63, 3.8) is 0 Å². The molecular weight excluding hydrogens is 379 g/mol. The van der Waals surface area contributed by atoms with Crippen LogP contribution in [0.4, 0.5) is 10.1 Å². The van der Waals surface area contributed by atoms with Crippen molar-refractivity contribution < 1.29 is 24.5 Å². The lowest BCUT2D eigenvalue weighted by atomic mass is 9.93. The van der Waals surface area contributed by atoms with E-state index < -0.39 is 17.2 Å². The van der Waals surface area contributed by atoms with Gasteiger partial charge in [0.2, 0.25) is 5.43 Å². The molecule has 8 heteroatoms. The Morgan fingerprint density at radius 3 is 2.48 bits per heavy atom. The first-order chi connectivity index (χ1) is 13.8. The Kier molecular flexibility index (Phi) is 6.24. The number of pyridine rings is 1. The van der Waals surface area contributed by atoms with Crippen molar-refractivity contribution in [1.82, 2.24) is 4.57 Å². The van der Waals surface area contributed by atoms with E-state index in [1.807, 2.05) is 11.8 Å². The molecule has 158 valence electrons. The van der Waals surface area contributed by atoms with E-state index in [4.69, 9.17) is 5.11 Å². The van der Waals surface area contributed by atoms with Gasteiger partial charge in [-0.1, -0.05) is 0 Å². The van der Waals surface area contributed by atoms with E-state index >= 15 is 4.39 Å². The molecule has 0 spiro atoms. The van der Waals surface area contributed by atoms with Gasteiger partial charge in [-0.2, -0.15) is 0 Å². The number of carboxylic acid groups (broad SMARTS) is 1. The third-order valence-corrected chi connectivity index (χ3v) is 5.64. The van der Waals surface area contributed by atoms with Gasteiger partial charge >= 0.3 is 5.97 Å². The summed E-state index contributed by atoms with van der Waals surface area (Å²) in [6.07, 6.45) is 3.58. The molecular formula is C21H27FN2O5. The van der Waals surface area contributed by atoms with Crippen molar-refractivity contribution in [3.8, 4) is 0 Å². The summed E-state index contributed by atoms with van der Waals surface area (Å²) in [5.74, 6) is -1.79. The van der Waals surface area contributed by atoms with Crippen molar-refractivity contribution in [3.05, 3.63) is 39.4 Å². The van der Waals surface area contributed by atoms with E-state index in [2.05, 4.69) is 0 Å². The minimum Gasteiger partial charge on any atom is -0.477 e. The van der Waals surface area contributed by atoms with Crippen LogP contribution in [-0.2, 0) is 6.42 Å². The molecule has 1 atom stereocenters. The highest BCUT2D eigenvalue weighted by molar-refractivity contribution is 5.95. The number of aliphatic hydroxyl groups is 2. The van der Waals surface area contributed by atoms with E-state index in [1.54, 1.807) is 11.5 Å². The predicted molar refractivity (Wildman–Crippen MR) is 108 cm³/mol. The number of aromatic carboxylic acids is 1. The van der Waals surface area contributed by atoms with Crippen LogP contribution < -0.4 is 10.3 Å². The molecule has 2 aliphatic heterocycles. The van der Waals surface area contributed by atoms with E-state index in [0.717, 1.165) is 12.0 Å². The zero-order chi connectivity index (χ0) is 21.3. The van der Waals surface area contributed by atoms with Gasteiger partial charge < -0.3 is 24.8 Å². The molecule has 1 aromatic heterocycles. The summed E-state index contributed by atoms with van der Waals surface area (Å²) < 4.78 is 16.8. The number of aliphatic hydroxyl groups excluding tert-OH is 2. The average molecular weight is 406 g/mol. The molecule has 0 amide bonds. The Balaban J connectivity index is 0.000000755. The van der Waals surface area contributed by atoms with Crippen molar-refractivity contribution in [2.24, 2.45) is 0 Å². The third kappa shape index (κ3) is 3.86. The number of hydrogen-bond acceptors (Lipinski definition) is 5. The summed E-state index contributed by atoms with van der Waals surface area (Å²) >= 11 is 0. The van der Waals surface area contributed by atoms with Crippen LogP contribution in [0, 0.1) is 5.82 Å². The van der Waals surface area contributed by atoms with Gasteiger partial charge in [0.05, 0.1) is 17.3 Å². The standard InChI is InChI=1S/C19H21FN2O4.C2H6O/c1-10-2-3-12-16-13(18(24)14(19(25)26)9-22(10)16)8-15(20)17(12)21-6-4-11(23)5-7-21;1-2-3/h8-11,23H,2-7H2,1H3,(H,25,26);3H,2H2,1H3. The number of carboxylic acids is 1. The summed E-state index contributed by atoms with van der Waals surface area (Å²) in [4.78, 5) is 26.0. The van der Waals surface area contributed by atoms with Gasteiger partial charge in [0.25, 0.3) is 0 Å². The highest BCUT2D eigenvalue weighted by atomic mass is 19.1. The second-order valence-corrected chi connectivity index (χ2v) is 7.59. The van der Waals surface area contributed by atoms with Gasteiger partial charge in [-0.05, 0) is 45.6 Å². The number of piperidine rings is 1. The number of rotatable bonds is 2. The molecule has 0 saturated carbocycles. The van der Waals surface area contributed by atoms with Crippen molar-refractivity contribution in [2.45, 2.75) is 51.7 Å². The fourth-order valence-electron chi connectivity index (χ4n) is 4.22. The Morgan fingerprint density at radius 2 is 1.90 bits per heavy atom. The highest BCUT2D eigenvalue weighted by Crippen LogP contribution is 2.38. The monoisotopic (exact) mass is 406 g/mol. The van der Waals surface area contributed by atoms with Crippen LogP contribution >= 0.6 is 0 Å². The van der Waals surface area contributed by atoms with Crippen molar-refractivity contribution in [2.75, 3.05) is 24.6 Å². The molecule has 3 heterocycles. The van der Waals surface area contributed by atoms with Crippen LogP contribution in [-0.4, -0.2) is 51.7 Å². The predicted octanol–water partition coefficient (Wildman–Crippen LogP) is 2.31. The van der Waals surface area contributed by atoms with E-state index in [1.165, 1.54) is 12.3 Å². The quantitative estimate of drug-likeness (QED) is 0.707. The van der Waals surface area contributed by atoms with Gasteiger partial charge in [-0.25, -0.2) is 9.18 Å². The fourth-order valence-corrected chi connectivity index (χ4v) is 4.22. The normalized spacial score (nSPS) is 19.1. The molecule has 3 N–H and O–H groups in total. The van der Waals surface area contributed by atoms with Crippen LogP contribution in [0.3, 0.4) is 0 Å². The largest absolute Gasteiger partial charge is 0.477 e. The van der Waals surface area contributed by atoms with Crippen LogP contribution in [0.2, 0.25) is 0 Å². The first-order valence-electron chi connectivity index (χ1n) is 9.97. The fraction of sp³-hybridized carbons (Fsp3) is 0.524. The number of anilines is 1. The molecule has 0 aliphatic carbocycles. The second kappa shape index (κ2) is 8.51. The smallest absolute Gasteiger partial charge is 0.341 e. The number of aromatic nitrogens is 1. The molecule has 1 aromatic carbocycles. The lowest BCUT2D eigenvalue weighted by molar-refractivity contribution is 0.0694. The number of hydrogen-bond donors (Lipinski definition) is 3. The minimum absolute atomic E-state index is 0.0326. The third-order valence-electron chi connectivity index (χ3n) is 5.64. The maximum Gasteiger partial charge on any atom is 0.341 e. The Labute approximate surface area is 168 Å². The zero-order valence-corrected chi connectivity index (χ0v) is 16.7. The number of aryl methyl sites for hydroxylation is 1. The maximum atomic E-state index is 15.0. The van der Waals surface area contributed by atoms with E-state index in [-0.39, 0.29) is 29.7 Å². The average Bonchev–Trinajstić information content (AvgIpc) is 2.67. The topological polar surface area (TPSA) is 103 Å². The molecule has 4 rings (SSSR count). The van der Waals surface area contributed by atoms with Crippen molar-refractivity contribution in [1.29, 1.82) is 0 Å². The summed E-state index contributed by atoms with van der Waals surface area (Å²) in [7, 11) is 0. The van der Waals surface area contributed by atoms with Gasteiger partial charge in [0.1, 0.15) is 11.4 Å². The molecule has 7 nitrogen and oxygen atoms in total. The molecule has 2 aliphatic rings.